The SMILES string of the molecule is CC(C)(C)c1nc2c(c(=O)[nH]1)CN(Cc1ccccn1)CC2. The third kappa shape index (κ3) is 3.09. The van der Waals surface area contributed by atoms with Crippen LogP contribution in [0.2, 0.25) is 0 Å². The zero-order valence-electron chi connectivity index (χ0n) is 13.4. The molecule has 5 heteroatoms. The van der Waals surface area contributed by atoms with E-state index in [1.54, 1.807) is 6.20 Å². The molecule has 1 N–H and O–H groups in total. The van der Waals surface area contributed by atoms with Crippen LogP contribution in [0.4, 0.5) is 0 Å². The lowest BCUT2D eigenvalue weighted by atomic mass is 9.95. The Labute approximate surface area is 130 Å². The summed E-state index contributed by atoms with van der Waals surface area (Å²) in [5.74, 6) is 0.773. The topological polar surface area (TPSA) is 61.9 Å². The van der Waals surface area contributed by atoms with E-state index in [9.17, 15) is 4.79 Å². The fourth-order valence-corrected chi connectivity index (χ4v) is 2.69. The predicted molar refractivity (Wildman–Crippen MR) is 85.6 cm³/mol. The summed E-state index contributed by atoms with van der Waals surface area (Å²) < 4.78 is 0. The number of nitrogens with one attached hydrogen (secondary N) is 1. The maximum absolute atomic E-state index is 12.4. The summed E-state index contributed by atoms with van der Waals surface area (Å²) >= 11 is 0. The average Bonchev–Trinajstić information content (AvgIpc) is 2.48. The summed E-state index contributed by atoms with van der Waals surface area (Å²) in [5, 5.41) is 0. The van der Waals surface area contributed by atoms with E-state index >= 15 is 0 Å². The van der Waals surface area contributed by atoms with Gasteiger partial charge in [0.25, 0.3) is 5.56 Å². The van der Waals surface area contributed by atoms with Crippen molar-refractivity contribution >= 4 is 0 Å². The van der Waals surface area contributed by atoms with Crippen molar-refractivity contribution in [2.45, 2.75) is 45.7 Å². The van der Waals surface area contributed by atoms with E-state index in [0.29, 0.717) is 6.54 Å². The van der Waals surface area contributed by atoms with E-state index in [4.69, 9.17) is 0 Å². The zero-order chi connectivity index (χ0) is 15.7. The van der Waals surface area contributed by atoms with Gasteiger partial charge in [-0.2, -0.15) is 0 Å². The first-order valence-corrected chi connectivity index (χ1v) is 7.68. The molecule has 0 saturated carbocycles. The van der Waals surface area contributed by atoms with Crippen LogP contribution in [-0.2, 0) is 24.9 Å². The summed E-state index contributed by atoms with van der Waals surface area (Å²) in [6, 6.07) is 5.92. The van der Waals surface area contributed by atoms with Crippen LogP contribution >= 0.6 is 0 Å². The number of rotatable bonds is 2. The molecule has 5 nitrogen and oxygen atoms in total. The molecule has 22 heavy (non-hydrogen) atoms. The number of hydrogen-bond donors (Lipinski definition) is 1. The normalized spacial score (nSPS) is 15.6. The molecular weight excluding hydrogens is 276 g/mol. The number of H-pyrrole nitrogens is 1. The van der Waals surface area contributed by atoms with Crippen molar-refractivity contribution in [3.05, 3.63) is 57.5 Å². The predicted octanol–water partition coefficient (Wildman–Crippen LogP) is 2.02. The molecule has 0 aliphatic carbocycles. The second-order valence-corrected chi connectivity index (χ2v) is 6.87. The molecule has 2 aromatic heterocycles. The summed E-state index contributed by atoms with van der Waals surface area (Å²) in [5.41, 5.74) is 2.64. The van der Waals surface area contributed by atoms with Crippen molar-refractivity contribution in [2.24, 2.45) is 0 Å². The molecule has 116 valence electrons. The van der Waals surface area contributed by atoms with Crippen LogP contribution in [0.1, 0.15) is 43.5 Å². The van der Waals surface area contributed by atoms with E-state index in [1.807, 2.05) is 18.2 Å². The van der Waals surface area contributed by atoms with Crippen molar-refractivity contribution in [1.82, 2.24) is 19.9 Å². The van der Waals surface area contributed by atoms with E-state index in [-0.39, 0.29) is 11.0 Å². The molecule has 1 aliphatic rings. The van der Waals surface area contributed by atoms with E-state index < -0.39 is 0 Å². The van der Waals surface area contributed by atoms with Crippen molar-refractivity contribution < 1.29 is 0 Å². The second-order valence-electron chi connectivity index (χ2n) is 6.87. The Morgan fingerprint density at radius 2 is 2.14 bits per heavy atom. The van der Waals surface area contributed by atoms with Crippen molar-refractivity contribution in [2.75, 3.05) is 6.54 Å². The smallest absolute Gasteiger partial charge is 0.255 e. The lowest BCUT2D eigenvalue weighted by Crippen LogP contribution is -2.37. The molecule has 1 aliphatic heterocycles. The first kappa shape index (κ1) is 14.9. The van der Waals surface area contributed by atoms with Crippen LogP contribution in [0, 0.1) is 0 Å². The van der Waals surface area contributed by atoms with E-state index in [2.05, 4.69) is 40.6 Å². The van der Waals surface area contributed by atoms with Crippen LogP contribution in [0.5, 0.6) is 0 Å². The van der Waals surface area contributed by atoms with Gasteiger partial charge in [0.2, 0.25) is 0 Å². The van der Waals surface area contributed by atoms with Crippen LogP contribution in [0.3, 0.4) is 0 Å². The van der Waals surface area contributed by atoms with E-state index in [0.717, 1.165) is 42.3 Å². The van der Waals surface area contributed by atoms with Gasteiger partial charge in [0.05, 0.1) is 17.0 Å². The van der Waals surface area contributed by atoms with Crippen LogP contribution in [0.25, 0.3) is 0 Å². The Morgan fingerprint density at radius 3 is 2.82 bits per heavy atom. The number of pyridine rings is 1. The highest BCUT2D eigenvalue weighted by atomic mass is 16.1. The van der Waals surface area contributed by atoms with Crippen molar-refractivity contribution in [1.29, 1.82) is 0 Å². The molecule has 0 spiro atoms. The Morgan fingerprint density at radius 1 is 1.32 bits per heavy atom. The minimum Gasteiger partial charge on any atom is -0.310 e. The van der Waals surface area contributed by atoms with Gasteiger partial charge < -0.3 is 4.98 Å². The molecule has 0 bridgehead atoms. The fourth-order valence-electron chi connectivity index (χ4n) is 2.69. The fraction of sp³-hybridized carbons (Fsp3) is 0.471. The quantitative estimate of drug-likeness (QED) is 0.921. The summed E-state index contributed by atoms with van der Waals surface area (Å²) in [6.45, 7) is 8.50. The zero-order valence-corrected chi connectivity index (χ0v) is 13.4. The van der Waals surface area contributed by atoms with Gasteiger partial charge >= 0.3 is 0 Å². The highest BCUT2D eigenvalue weighted by molar-refractivity contribution is 5.22. The van der Waals surface area contributed by atoms with Gasteiger partial charge in [-0.25, -0.2) is 4.98 Å². The summed E-state index contributed by atoms with van der Waals surface area (Å²) in [4.78, 5) is 26.6. The van der Waals surface area contributed by atoms with Gasteiger partial charge in [-0.15, -0.1) is 0 Å². The Balaban J connectivity index is 1.83. The molecule has 0 saturated heterocycles. The Bertz CT molecular complexity index is 716. The van der Waals surface area contributed by atoms with Crippen LogP contribution < -0.4 is 5.56 Å². The standard InChI is InChI=1S/C17H22N4O/c1-17(2,3)16-19-14-7-9-21(11-13(14)15(22)20-16)10-12-6-4-5-8-18-12/h4-6,8H,7,9-11H2,1-3H3,(H,19,20,22). The molecule has 0 amide bonds. The molecule has 2 aromatic rings. The molecule has 0 fully saturated rings. The Kier molecular flexibility index (Phi) is 3.83. The van der Waals surface area contributed by atoms with Gasteiger partial charge in [0.15, 0.2) is 0 Å². The number of aromatic nitrogens is 3. The number of hydrogen-bond acceptors (Lipinski definition) is 4. The molecule has 3 heterocycles. The van der Waals surface area contributed by atoms with Crippen LogP contribution in [-0.4, -0.2) is 26.4 Å². The van der Waals surface area contributed by atoms with Gasteiger partial charge in [-0.1, -0.05) is 26.8 Å². The number of aromatic amines is 1. The van der Waals surface area contributed by atoms with Gasteiger partial charge in [-0.05, 0) is 12.1 Å². The highest BCUT2D eigenvalue weighted by Crippen LogP contribution is 2.21. The lowest BCUT2D eigenvalue weighted by Gasteiger charge is -2.28. The van der Waals surface area contributed by atoms with Gasteiger partial charge in [-0.3, -0.25) is 14.7 Å². The third-order valence-electron chi connectivity index (χ3n) is 3.97. The first-order chi connectivity index (χ1) is 10.4. The molecule has 0 aromatic carbocycles. The molecular formula is C17H22N4O. The summed E-state index contributed by atoms with van der Waals surface area (Å²) in [7, 11) is 0. The summed E-state index contributed by atoms with van der Waals surface area (Å²) in [6.07, 6.45) is 2.62. The van der Waals surface area contributed by atoms with Gasteiger partial charge in [0.1, 0.15) is 5.82 Å². The molecule has 0 unspecified atom stereocenters. The van der Waals surface area contributed by atoms with Crippen molar-refractivity contribution in [3.63, 3.8) is 0 Å². The Hall–Kier alpha value is -2.01. The minimum atomic E-state index is -0.140. The monoisotopic (exact) mass is 298 g/mol. The average molecular weight is 298 g/mol. The number of fused-ring (bicyclic) bond motifs is 1. The van der Waals surface area contributed by atoms with Gasteiger partial charge in [0, 0.05) is 37.7 Å². The molecule has 0 radical (unpaired) electrons. The second kappa shape index (κ2) is 5.65. The third-order valence-corrected chi connectivity index (χ3v) is 3.97. The maximum Gasteiger partial charge on any atom is 0.255 e. The lowest BCUT2D eigenvalue weighted by molar-refractivity contribution is 0.238. The maximum atomic E-state index is 12.4. The first-order valence-electron chi connectivity index (χ1n) is 7.68. The highest BCUT2D eigenvalue weighted by Gasteiger charge is 2.24. The van der Waals surface area contributed by atoms with Crippen LogP contribution in [0.15, 0.2) is 29.2 Å². The minimum absolute atomic E-state index is 0.000598. The molecule has 3 rings (SSSR count). The van der Waals surface area contributed by atoms with Crippen molar-refractivity contribution in [3.8, 4) is 0 Å². The van der Waals surface area contributed by atoms with E-state index in [1.165, 1.54) is 0 Å². The molecule has 0 atom stereocenters. The number of nitrogens with zero attached hydrogens (tertiary/aromatic N) is 3. The largest absolute Gasteiger partial charge is 0.310 e.